The van der Waals surface area contributed by atoms with Gasteiger partial charge in [0.05, 0.1) is 12.2 Å². The second-order valence-corrected chi connectivity index (χ2v) is 8.80. The van der Waals surface area contributed by atoms with Crippen molar-refractivity contribution in [3.63, 3.8) is 0 Å². The highest BCUT2D eigenvalue weighted by atomic mass is 35.5. The van der Waals surface area contributed by atoms with Crippen LogP contribution in [0.25, 0.3) is 11.6 Å². The van der Waals surface area contributed by atoms with Crippen LogP contribution >= 0.6 is 11.6 Å². The monoisotopic (exact) mass is 475 g/mol. The summed E-state index contributed by atoms with van der Waals surface area (Å²) in [6.07, 6.45) is 3.81. The van der Waals surface area contributed by atoms with Crippen molar-refractivity contribution >= 4 is 52.2 Å². The van der Waals surface area contributed by atoms with E-state index in [4.69, 9.17) is 21.6 Å². The third-order valence-electron chi connectivity index (χ3n) is 6.26. The Balaban J connectivity index is 1.29. The van der Waals surface area contributed by atoms with Crippen molar-refractivity contribution in [3.8, 4) is 0 Å². The minimum Gasteiger partial charge on any atom is -0.367 e. The molecule has 0 amide bonds. The number of nitrogens with zero attached hydrogens (tertiary/aromatic N) is 5. The molecule has 0 spiro atoms. The fourth-order valence-corrected chi connectivity index (χ4v) is 4.86. The minimum absolute atomic E-state index is 0.258. The molecule has 0 atom stereocenters. The van der Waals surface area contributed by atoms with Crippen LogP contribution in [-0.2, 0) is 0 Å². The molecule has 2 N–H and O–H groups in total. The van der Waals surface area contributed by atoms with Crippen LogP contribution < -0.4 is 20.4 Å². The van der Waals surface area contributed by atoms with Crippen LogP contribution in [0.2, 0.25) is 5.02 Å². The molecule has 2 aromatic carbocycles. The fourth-order valence-electron chi connectivity index (χ4n) is 4.62. The molecule has 0 saturated carbocycles. The van der Waals surface area contributed by atoms with Crippen molar-refractivity contribution in [2.75, 3.05) is 54.4 Å². The number of piperazine rings is 1. The molecule has 0 radical (unpaired) electrons. The van der Waals surface area contributed by atoms with Crippen molar-refractivity contribution in [1.29, 1.82) is 0 Å². The Bertz CT molecular complexity index is 1320. The van der Waals surface area contributed by atoms with Crippen molar-refractivity contribution in [2.24, 2.45) is 4.99 Å². The first-order valence-corrected chi connectivity index (χ1v) is 11.7. The summed E-state index contributed by atoms with van der Waals surface area (Å²) < 4.78 is 14.8. The summed E-state index contributed by atoms with van der Waals surface area (Å²) >= 11 is 6.47. The predicted octanol–water partition coefficient (Wildman–Crippen LogP) is 4.20. The summed E-state index contributed by atoms with van der Waals surface area (Å²) in [6.45, 7) is 4.71. The van der Waals surface area contributed by atoms with Gasteiger partial charge in [-0.1, -0.05) is 29.8 Å². The summed E-state index contributed by atoms with van der Waals surface area (Å²) in [6, 6.07) is 12.9. The zero-order valence-electron chi connectivity index (χ0n) is 18.4. The average Bonchev–Trinajstić information content (AvgIpc) is 3.35. The van der Waals surface area contributed by atoms with Gasteiger partial charge in [0.2, 0.25) is 5.95 Å². The molecular formula is C25H23ClFN7. The fraction of sp³-hybridized carbons (Fsp3) is 0.240. The van der Waals surface area contributed by atoms with E-state index in [1.807, 2.05) is 42.5 Å². The topological polar surface area (TPSA) is 68.7 Å². The third kappa shape index (κ3) is 3.78. The Morgan fingerprint density at radius 1 is 1.06 bits per heavy atom. The molecule has 34 heavy (non-hydrogen) atoms. The maximum Gasteiger partial charge on any atom is 0.229 e. The lowest BCUT2D eigenvalue weighted by Crippen LogP contribution is -2.43. The van der Waals surface area contributed by atoms with E-state index in [1.54, 1.807) is 6.20 Å². The highest BCUT2D eigenvalue weighted by Gasteiger charge is 2.31. The summed E-state index contributed by atoms with van der Waals surface area (Å²) in [5.74, 6) is 1.79. The summed E-state index contributed by atoms with van der Waals surface area (Å²) in [7, 11) is 0. The van der Waals surface area contributed by atoms with Crippen LogP contribution in [0.4, 0.5) is 27.5 Å². The van der Waals surface area contributed by atoms with Crippen molar-refractivity contribution < 1.29 is 4.39 Å². The normalized spacial score (nSPS) is 17.1. The van der Waals surface area contributed by atoms with E-state index in [-0.39, 0.29) is 5.82 Å². The molecule has 4 heterocycles. The van der Waals surface area contributed by atoms with Gasteiger partial charge in [0.25, 0.3) is 0 Å². The number of anilines is 4. The number of aliphatic imine (C=N–C) groups is 1. The maximum atomic E-state index is 14.8. The number of fused-ring (bicyclic) bond motifs is 3. The summed E-state index contributed by atoms with van der Waals surface area (Å²) in [4.78, 5) is 18.1. The van der Waals surface area contributed by atoms with E-state index in [9.17, 15) is 4.39 Å². The van der Waals surface area contributed by atoms with Crippen LogP contribution in [-0.4, -0.2) is 55.1 Å². The highest BCUT2D eigenvalue weighted by Crippen LogP contribution is 2.37. The van der Waals surface area contributed by atoms with Crippen molar-refractivity contribution in [2.45, 2.75) is 0 Å². The van der Waals surface area contributed by atoms with E-state index in [2.05, 4.69) is 25.4 Å². The van der Waals surface area contributed by atoms with Gasteiger partial charge in [0, 0.05) is 66.3 Å². The number of hydrogen-bond acceptors (Lipinski definition) is 7. The number of amidine groups is 1. The molecule has 9 heteroatoms. The van der Waals surface area contributed by atoms with Crippen LogP contribution in [0.3, 0.4) is 0 Å². The third-order valence-corrected chi connectivity index (χ3v) is 6.59. The predicted molar refractivity (Wildman–Crippen MR) is 136 cm³/mol. The first-order chi connectivity index (χ1) is 16.7. The van der Waals surface area contributed by atoms with E-state index >= 15 is 0 Å². The Morgan fingerprint density at radius 3 is 2.74 bits per heavy atom. The van der Waals surface area contributed by atoms with Crippen molar-refractivity contribution in [3.05, 3.63) is 70.6 Å². The van der Waals surface area contributed by atoms with Gasteiger partial charge in [-0.15, -0.1) is 0 Å². The van der Waals surface area contributed by atoms with E-state index in [1.165, 1.54) is 6.07 Å². The molecule has 3 aromatic rings. The van der Waals surface area contributed by atoms with Gasteiger partial charge in [-0.3, -0.25) is 4.99 Å². The zero-order valence-corrected chi connectivity index (χ0v) is 19.2. The first-order valence-electron chi connectivity index (χ1n) is 11.4. The number of hydrogen-bond donors (Lipinski definition) is 2. The average molecular weight is 476 g/mol. The largest absolute Gasteiger partial charge is 0.367 e. The van der Waals surface area contributed by atoms with Crippen LogP contribution in [0.1, 0.15) is 11.1 Å². The molecule has 172 valence electrons. The minimum atomic E-state index is -0.258. The number of halogens is 2. The van der Waals surface area contributed by atoms with Crippen LogP contribution in [0.15, 0.2) is 53.7 Å². The maximum absolute atomic E-state index is 14.8. The van der Waals surface area contributed by atoms with Crippen LogP contribution in [0, 0.1) is 5.82 Å². The van der Waals surface area contributed by atoms with Crippen molar-refractivity contribution in [1.82, 2.24) is 15.3 Å². The standard InChI is InChI=1S/C25H23ClFN7/c26-20-4-2-1-3-18(20)19-13-16-15-30-25(32-23(16)34-12-9-29-24(19)34)31-17-5-6-22(21(27)14-17)33-10-7-28-8-11-33/h1-6,13-15,28H,7-12H2,(H,30,31,32). The smallest absolute Gasteiger partial charge is 0.229 e. The molecule has 1 fully saturated rings. The Kier molecular flexibility index (Phi) is 5.39. The Morgan fingerprint density at radius 2 is 1.91 bits per heavy atom. The summed E-state index contributed by atoms with van der Waals surface area (Å²) in [5.41, 5.74) is 4.01. The lowest BCUT2D eigenvalue weighted by Gasteiger charge is -2.30. The molecule has 3 aliphatic rings. The van der Waals surface area contributed by atoms with E-state index in [0.717, 1.165) is 61.1 Å². The zero-order chi connectivity index (χ0) is 23.1. The number of benzene rings is 2. The SMILES string of the molecule is Fc1cc(Nc2ncc3c(n2)N2CCN=C2C(c2ccccc2Cl)=C3)ccc1N1CCNCC1. The molecule has 1 aromatic heterocycles. The van der Waals surface area contributed by atoms with Gasteiger partial charge in [0.1, 0.15) is 17.5 Å². The molecule has 3 aliphatic heterocycles. The lowest BCUT2D eigenvalue weighted by molar-refractivity contribution is 0.566. The number of rotatable bonds is 4. The second kappa shape index (κ2) is 8.70. The van der Waals surface area contributed by atoms with Gasteiger partial charge in [0.15, 0.2) is 0 Å². The second-order valence-electron chi connectivity index (χ2n) is 8.40. The molecule has 6 rings (SSSR count). The van der Waals surface area contributed by atoms with Gasteiger partial charge >= 0.3 is 0 Å². The molecule has 0 unspecified atom stereocenters. The van der Waals surface area contributed by atoms with Gasteiger partial charge in [-0.2, -0.15) is 4.98 Å². The quantitative estimate of drug-likeness (QED) is 0.589. The number of nitrogens with one attached hydrogen (secondary N) is 2. The molecule has 1 saturated heterocycles. The van der Waals surface area contributed by atoms with E-state index < -0.39 is 0 Å². The Hall–Kier alpha value is -3.49. The lowest BCUT2D eigenvalue weighted by atomic mass is 9.98. The van der Waals surface area contributed by atoms with Crippen LogP contribution in [0.5, 0.6) is 0 Å². The van der Waals surface area contributed by atoms with Gasteiger partial charge in [-0.25, -0.2) is 9.37 Å². The molecule has 7 nitrogen and oxygen atoms in total. The highest BCUT2D eigenvalue weighted by molar-refractivity contribution is 6.40. The molecular weight excluding hydrogens is 453 g/mol. The molecule has 0 bridgehead atoms. The first kappa shape index (κ1) is 21.1. The summed E-state index contributed by atoms with van der Waals surface area (Å²) in [5, 5.41) is 7.12. The van der Waals surface area contributed by atoms with Gasteiger partial charge in [-0.05, 0) is 30.3 Å². The Labute approximate surface area is 202 Å². The van der Waals surface area contributed by atoms with E-state index in [0.29, 0.717) is 28.9 Å². The van der Waals surface area contributed by atoms with Gasteiger partial charge < -0.3 is 20.4 Å². The molecule has 0 aliphatic carbocycles. The number of aromatic nitrogens is 2.